The molecule has 0 aromatic heterocycles. The van der Waals surface area contributed by atoms with Crippen molar-refractivity contribution in [1.29, 1.82) is 0 Å². The summed E-state index contributed by atoms with van der Waals surface area (Å²) in [5.41, 5.74) is 6.36. The van der Waals surface area contributed by atoms with Gasteiger partial charge in [0.1, 0.15) is 11.6 Å². The lowest BCUT2D eigenvalue weighted by atomic mass is 10.2. The highest BCUT2D eigenvalue weighted by molar-refractivity contribution is 5.62. The predicted molar refractivity (Wildman–Crippen MR) is 69.4 cm³/mol. The highest BCUT2D eigenvalue weighted by Crippen LogP contribution is 2.31. The molecule has 1 aromatic carbocycles. The lowest BCUT2D eigenvalue weighted by Crippen LogP contribution is -2.30. The predicted octanol–water partition coefficient (Wildman–Crippen LogP) is 2.40. The zero-order valence-electron chi connectivity index (χ0n) is 10.7. The van der Waals surface area contributed by atoms with E-state index < -0.39 is 0 Å². The maximum absolute atomic E-state index is 13.8. The molecule has 1 aliphatic rings. The van der Waals surface area contributed by atoms with Gasteiger partial charge in [-0.2, -0.15) is 0 Å². The maximum Gasteiger partial charge on any atom is 0.148 e. The minimum Gasteiger partial charge on any atom is -0.495 e. The molecule has 0 saturated heterocycles. The fourth-order valence-corrected chi connectivity index (χ4v) is 2.43. The van der Waals surface area contributed by atoms with E-state index in [1.54, 1.807) is 13.2 Å². The van der Waals surface area contributed by atoms with E-state index in [2.05, 4.69) is 5.32 Å². The molecule has 0 bridgehead atoms. The summed E-state index contributed by atoms with van der Waals surface area (Å²) in [6, 6.07) is 3.01. The van der Waals surface area contributed by atoms with Gasteiger partial charge in [-0.3, -0.25) is 0 Å². The van der Waals surface area contributed by atoms with Gasteiger partial charge in [0.25, 0.3) is 0 Å². The third kappa shape index (κ3) is 2.51. The van der Waals surface area contributed by atoms with Crippen LogP contribution in [-0.2, 0) is 4.74 Å². The Kier molecular flexibility index (Phi) is 3.91. The zero-order valence-corrected chi connectivity index (χ0v) is 10.7. The van der Waals surface area contributed by atoms with Crippen molar-refractivity contribution in [2.24, 2.45) is 0 Å². The second-order valence-electron chi connectivity index (χ2n) is 4.53. The molecule has 4 nitrogen and oxygen atoms in total. The van der Waals surface area contributed by atoms with Gasteiger partial charge < -0.3 is 20.5 Å². The highest BCUT2D eigenvalue weighted by Gasteiger charge is 2.27. The van der Waals surface area contributed by atoms with E-state index in [1.807, 2.05) is 0 Å². The first-order valence-electron chi connectivity index (χ1n) is 6.08. The van der Waals surface area contributed by atoms with Gasteiger partial charge in [-0.25, -0.2) is 4.39 Å². The van der Waals surface area contributed by atoms with Crippen LogP contribution in [0.4, 0.5) is 15.8 Å². The van der Waals surface area contributed by atoms with Crippen molar-refractivity contribution in [1.82, 2.24) is 0 Å². The molecule has 0 heterocycles. The minimum absolute atomic E-state index is 0.132. The van der Waals surface area contributed by atoms with Gasteiger partial charge >= 0.3 is 0 Å². The average molecular weight is 254 g/mol. The van der Waals surface area contributed by atoms with Gasteiger partial charge in [-0.1, -0.05) is 0 Å². The summed E-state index contributed by atoms with van der Waals surface area (Å²) >= 11 is 0. The molecular weight excluding hydrogens is 235 g/mol. The fourth-order valence-electron chi connectivity index (χ4n) is 2.43. The SMILES string of the molecule is COc1cc(NC2CCCC2OC)c(F)cc1N. The summed E-state index contributed by atoms with van der Waals surface area (Å²) in [5, 5.41) is 3.18. The van der Waals surface area contributed by atoms with E-state index in [-0.39, 0.29) is 18.0 Å². The van der Waals surface area contributed by atoms with Crippen LogP contribution in [0.25, 0.3) is 0 Å². The number of hydrogen-bond acceptors (Lipinski definition) is 4. The standard InChI is InChI=1S/C13H19FN2O2/c1-17-12-5-3-4-10(12)16-11-7-13(18-2)9(15)6-8(11)14/h6-7,10,12,16H,3-5,15H2,1-2H3. The Bertz CT molecular complexity index is 426. The second kappa shape index (κ2) is 5.44. The normalized spacial score (nSPS) is 23.1. The summed E-state index contributed by atoms with van der Waals surface area (Å²) in [6.45, 7) is 0. The molecular formula is C13H19FN2O2. The smallest absolute Gasteiger partial charge is 0.148 e. The summed E-state index contributed by atoms with van der Waals surface area (Å²) in [6.07, 6.45) is 3.20. The van der Waals surface area contributed by atoms with Crippen molar-refractivity contribution in [2.45, 2.75) is 31.4 Å². The van der Waals surface area contributed by atoms with Crippen molar-refractivity contribution in [3.05, 3.63) is 17.9 Å². The molecule has 18 heavy (non-hydrogen) atoms. The van der Waals surface area contributed by atoms with Gasteiger partial charge in [0.2, 0.25) is 0 Å². The Morgan fingerprint density at radius 1 is 1.33 bits per heavy atom. The van der Waals surface area contributed by atoms with Crippen LogP contribution in [-0.4, -0.2) is 26.4 Å². The van der Waals surface area contributed by atoms with Crippen LogP contribution < -0.4 is 15.8 Å². The van der Waals surface area contributed by atoms with Gasteiger partial charge in [0, 0.05) is 19.2 Å². The van der Waals surface area contributed by atoms with E-state index in [0.717, 1.165) is 19.3 Å². The molecule has 0 aliphatic heterocycles. The molecule has 2 unspecified atom stereocenters. The van der Waals surface area contributed by atoms with Crippen LogP contribution in [0.3, 0.4) is 0 Å². The molecule has 3 N–H and O–H groups in total. The first kappa shape index (κ1) is 13.0. The molecule has 1 fully saturated rings. The molecule has 2 atom stereocenters. The van der Waals surface area contributed by atoms with Crippen LogP contribution in [0.15, 0.2) is 12.1 Å². The number of hydrogen-bond donors (Lipinski definition) is 2. The Morgan fingerprint density at radius 3 is 2.78 bits per heavy atom. The number of nitrogens with one attached hydrogen (secondary N) is 1. The van der Waals surface area contributed by atoms with E-state index in [1.165, 1.54) is 13.2 Å². The Morgan fingerprint density at radius 2 is 2.11 bits per heavy atom. The molecule has 1 aliphatic carbocycles. The number of nitrogen functional groups attached to an aromatic ring is 1. The summed E-state index contributed by atoms with van der Waals surface area (Å²) < 4.78 is 24.3. The summed E-state index contributed by atoms with van der Waals surface area (Å²) in [5.74, 6) is 0.112. The number of methoxy groups -OCH3 is 2. The zero-order chi connectivity index (χ0) is 13.1. The van der Waals surface area contributed by atoms with E-state index in [0.29, 0.717) is 17.1 Å². The number of benzene rings is 1. The quantitative estimate of drug-likeness (QED) is 0.810. The lowest BCUT2D eigenvalue weighted by Gasteiger charge is -2.21. The van der Waals surface area contributed by atoms with Crippen molar-refractivity contribution in [3.63, 3.8) is 0 Å². The van der Waals surface area contributed by atoms with Gasteiger partial charge in [-0.15, -0.1) is 0 Å². The van der Waals surface area contributed by atoms with E-state index in [9.17, 15) is 4.39 Å². The van der Waals surface area contributed by atoms with Crippen LogP contribution in [0, 0.1) is 5.82 Å². The van der Waals surface area contributed by atoms with Gasteiger partial charge in [0.05, 0.1) is 30.6 Å². The van der Waals surface area contributed by atoms with Crippen molar-refractivity contribution >= 4 is 11.4 Å². The van der Waals surface area contributed by atoms with Crippen molar-refractivity contribution in [3.8, 4) is 5.75 Å². The Balaban J connectivity index is 2.18. The van der Waals surface area contributed by atoms with Crippen LogP contribution >= 0.6 is 0 Å². The number of anilines is 2. The maximum atomic E-state index is 13.8. The fraction of sp³-hybridized carbons (Fsp3) is 0.538. The Labute approximate surface area is 106 Å². The molecule has 2 rings (SSSR count). The van der Waals surface area contributed by atoms with Crippen molar-refractivity contribution < 1.29 is 13.9 Å². The second-order valence-corrected chi connectivity index (χ2v) is 4.53. The molecule has 100 valence electrons. The number of rotatable bonds is 4. The molecule has 1 aromatic rings. The monoisotopic (exact) mass is 254 g/mol. The first-order valence-corrected chi connectivity index (χ1v) is 6.08. The van der Waals surface area contributed by atoms with E-state index >= 15 is 0 Å². The molecule has 0 spiro atoms. The van der Waals surface area contributed by atoms with Crippen LogP contribution in [0.2, 0.25) is 0 Å². The third-order valence-electron chi connectivity index (χ3n) is 3.42. The number of ether oxygens (including phenoxy) is 2. The topological polar surface area (TPSA) is 56.5 Å². The summed E-state index contributed by atoms with van der Waals surface area (Å²) in [7, 11) is 3.20. The molecule has 5 heteroatoms. The largest absolute Gasteiger partial charge is 0.495 e. The molecule has 0 amide bonds. The number of halogens is 1. The number of nitrogens with two attached hydrogens (primary N) is 1. The Hall–Kier alpha value is -1.49. The summed E-state index contributed by atoms with van der Waals surface area (Å²) in [4.78, 5) is 0. The molecule has 1 saturated carbocycles. The van der Waals surface area contributed by atoms with E-state index in [4.69, 9.17) is 15.2 Å². The first-order chi connectivity index (χ1) is 8.65. The average Bonchev–Trinajstić information content (AvgIpc) is 2.79. The highest BCUT2D eigenvalue weighted by atomic mass is 19.1. The lowest BCUT2D eigenvalue weighted by molar-refractivity contribution is 0.101. The molecule has 0 radical (unpaired) electrons. The van der Waals surface area contributed by atoms with Gasteiger partial charge in [-0.05, 0) is 19.3 Å². The third-order valence-corrected chi connectivity index (χ3v) is 3.42. The van der Waals surface area contributed by atoms with Crippen LogP contribution in [0.5, 0.6) is 5.75 Å². The minimum atomic E-state index is -0.366. The van der Waals surface area contributed by atoms with Gasteiger partial charge in [0.15, 0.2) is 0 Å². The van der Waals surface area contributed by atoms with Crippen LogP contribution in [0.1, 0.15) is 19.3 Å². The van der Waals surface area contributed by atoms with Crippen molar-refractivity contribution in [2.75, 3.05) is 25.3 Å².